The Morgan fingerprint density at radius 3 is 1.32 bits per heavy atom. The van der Waals surface area contributed by atoms with Crippen LogP contribution in [0.2, 0.25) is 0 Å². The first-order valence-electron chi connectivity index (χ1n) is 23.1. The number of hydrogen-bond donors (Lipinski definition) is 0. The number of carbonyl (C=O) groups is 5. The summed E-state index contributed by atoms with van der Waals surface area (Å²) in [6.07, 6.45) is 22.1. The smallest absolute Gasteiger partial charge is 0.330 e. The maximum Gasteiger partial charge on any atom is 0.330 e. The molecule has 0 unspecified atom stereocenters. The number of hydrogen-bond acceptors (Lipinski definition) is 6. The van der Waals surface area contributed by atoms with Crippen LogP contribution in [0.5, 0.6) is 0 Å². The number of carbonyl (C=O) groups excluding carboxylic acids is 5. The summed E-state index contributed by atoms with van der Waals surface area (Å²) in [5, 5.41) is 6.84. The summed E-state index contributed by atoms with van der Waals surface area (Å²) in [5.41, 5.74) is 2.24. The fourth-order valence-corrected chi connectivity index (χ4v) is 9.91. The molecule has 0 spiro atoms. The van der Waals surface area contributed by atoms with E-state index in [4.69, 9.17) is 4.74 Å². The van der Waals surface area contributed by atoms with Crippen LogP contribution in [0.1, 0.15) is 184 Å². The molecule has 0 radical (unpaired) electrons. The third kappa shape index (κ3) is 8.57. The maximum atomic E-state index is 14.5. The van der Waals surface area contributed by atoms with Crippen LogP contribution in [0, 0.1) is 0 Å². The third-order valence-corrected chi connectivity index (χ3v) is 13.1. The number of fused-ring (bicyclic) bond motifs is 2. The van der Waals surface area contributed by atoms with E-state index in [0.29, 0.717) is 46.2 Å². The Balaban J connectivity index is 1.06. The van der Waals surface area contributed by atoms with Crippen LogP contribution in [0.25, 0.3) is 43.1 Å². The number of imide groups is 2. The highest BCUT2D eigenvalue weighted by Gasteiger charge is 2.39. The van der Waals surface area contributed by atoms with Crippen molar-refractivity contribution in [2.45, 2.75) is 148 Å². The second-order valence-electron chi connectivity index (χ2n) is 17.1. The number of benzene rings is 5. The molecule has 60 heavy (non-hydrogen) atoms. The molecule has 0 fully saturated rings. The van der Waals surface area contributed by atoms with Gasteiger partial charge in [0.1, 0.15) is 0 Å². The molecule has 0 N–H and O–H groups in total. The van der Waals surface area contributed by atoms with Crippen LogP contribution >= 0.6 is 0 Å². The van der Waals surface area contributed by atoms with Crippen molar-refractivity contribution in [3.05, 3.63) is 83.4 Å². The van der Waals surface area contributed by atoms with Gasteiger partial charge in [-0.3, -0.25) is 29.0 Å². The average Bonchev–Trinajstić information content (AvgIpc) is 3.26. The zero-order valence-corrected chi connectivity index (χ0v) is 35.9. The molecule has 5 aromatic rings. The molecule has 316 valence electrons. The molecule has 2 aliphatic heterocycles. The molecule has 0 aromatic heterocycles. The Hall–Kier alpha value is -5.11. The van der Waals surface area contributed by atoms with E-state index in [0.717, 1.165) is 148 Å². The van der Waals surface area contributed by atoms with E-state index in [9.17, 15) is 24.0 Å². The van der Waals surface area contributed by atoms with Gasteiger partial charge in [-0.25, -0.2) is 4.79 Å². The topological polar surface area (TPSA) is 101 Å². The number of esters is 1. The van der Waals surface area contributed by atoms with Crippen LogP contribution in [0.4, 0.5) is 0 Å². The van der Waals surface area contributed by atoms with Gasteiger partial charge in [-0.1, -0.05) is 147 Å². The average molecular weight is 811 g/mol. The minimum absolute atomic E-state index is 0.123. The molecular formula is C52H62N2O6. The first-order chi connectivity index (χ1) is 29.3. The Bertz CT molecular complexity index is 2260. The van der Waals surface area contributed by atoms with Crippen molar-refractivity contribution in [1.29, 1.82) is 0 Å². The standard InChI is InChI=1S/C52H62N2O6/c1-4-7-9-19-23-35(24-20-10-8-5-2)54-51(58)42-31-27-38-36-25-29-40-47-41(30-26-37(45(36)47)39-28-32-43(52(54)59)48(42)46(38)39)50(57)53(49(40)56)33-21-17-15-13-11-12-14-16-18-22-34-60-44(55)6-3/h6,25-32,35H,3-5,7-24,33-34H2,1-2H3. The van der Waals surface area contributed by atoms with Crippen molar-refractivity contribution in [2.24, 2.45) is 0 Å². The fraction of sp³-hybridized carbons (Fsp3) is 0.481. The van der Waals surface area contributed by atoms with Crippen molar-refractivity contribution >= 4 is 72.7 Å². The number of ether oxygens (including phenoxy) is 1. The van der Waals surface area contributed by atoms with Crippen molar-refractivity contribution in [3.8, 4) is 0 Å². The Kier molecular flexibility index (Phi) is 14.3. The molecule has 0 saturated heterocycles. The van der Waals surface area contributed by atoms with Gasteiger partial charge in [0, 0.05) is 51.7 Å². The molecule has 0 atom stereocenters. The maximum absolute atomic E-state index is 14.5. The molecule has 0 bridgehead atoms. The quantitative estimate of drug-likeness (QED) is 0.0145. The van der Waals surface area contributed by atoms with Gasteiger partial charge in [0.25, 0.3) is 23.6 Å². The summed E-state index contributed by atoms with van der Waals surface area (Å²) in [6, 6.07) is 15.4. The van der Waals surface area contributed by atoms with Crippen molar-refractivity contribution in [3.63, 3.8) is 0 Å². The number of nitrogens with zero attached hydrogens (tertiary/aromatic N) is 2. The number of rotatable bonds is 25. The number of amides is 4. The van der Waals surface area contributed by atoms with Crippen LogP contribution in [0.15, 0.2) is 61.2 Å². The van der Waals surface area contributed by atoms with Gasteiger partial charge in [-0.2, -0.15) is 0 Å². The van der Waals surface area contributed by atoms with E-state index in [2.05, 4.69) is 20.4 Å². The molecule has 5 aromatic carbocycles. The van der Waals surface area contributed by atoms with E-state index < -0.39 is 0 Å². The molecule has 0 aliphatic carbocycles. The highest BCUT2D eigenvalue weighted by atomic mass is 16.5. The molecule has 8 nitrogen and oxygen atoms in total. The van der Waals surface area contributed by atoms with Gasteiger partial charge < -0.3 is 4.74 Å². The van der Waals surface area contributed by atoms with E-state index >= 15 is 0 Å². The molecule has 2 aliphatic rings. The normalized spacial score (nSPS) is 14.0. The van der Waals surface area contributed by atoms with Crippen LogP contribution in [-0.4, -0.2) is 58.6 Å². The summed E-state index contributed by atoms with van der Waals surface area (Å²) in [6.45, 7) is 8.65. The fourth-order valence-electron chi connectivity index (χ4n) is 9.91. The van der Waals surface area contributed by atoms with Gasteiger partial charge in [0.15, 0.2) is 0 Å². The molecule has 4 amide bonds. The highest BCUT2D eigenvalue weighted by molar-refractivity contribution is 6.41. The molecule has 7 rings (SSSR count). The Labute approximate surface area is 355 Å². The first-order valence-corrected chi connectivity index (χ1v) is 23.1. The monoisotopic (exact) mass is 810 g/mol. The summed E-state index contributed by atoms with van der Waals surface area (Å²) in [5.74, 6) is -1.26. The van der Waals surface area contributed by atoms with Gasteiger partial charge in [-0.05, 0) is 82.3 Å². The lowest BCUT2D eigenvalue weighted by molar-refractivity contribution is -0.137. The van der Waals surface area contributed by atoms with E-state index in [1.54, 1.807) is 4.90 Å². The van der Waals surface area contributed by atoms with Gasteiger partial charge in [0.2, 0.25) is 0 Å². The SMILES string of the molecule is C=CC(=O)OCCCCCCCCCCCCN1C(=O)c2ccc3c4ccc5c6c(ccc(c7ccc(c2c37)C1=O)c64)C(=O)N(C(CCCCCC)CCCCCC)C5=O. The Morgan fingerprint density at radius 1 is 0.517 bits per heavy atom. The number of unbranched alkanes of at least 4 members (excludes halogenated alkanes) is 15. The van der Waals surface area contributed by atoms with E-state index in [1.807, 2.05) is 48.5 Å². The van der Waals surface area contributed by atoms with Gasteiger partial charge >= 0.3 is 5.97 Å². The second kappa shape index (κ2) is 20.0. The van der Waals surface area contributed by atoms with Gasteiger partial charge in [0.05, 0.1) is 6.61 Å². The van der Waals surface area contributed by atoms with Crippen LogP contribution in [0.3, 0.4) is 0 Å². The van der Waals surface area contributed by atoms with Crippen LogP contribution in [-0.2, 0) is 9.53 Å². The summed E-state index contributed by atoms with van der Waals surface area (Å²) in [7, 11) is 0. The molecule has 2 heterocycles. The predicted molar refractivity (Wildman–Crippen MR) is 242 cm³/mol. The van der Waals surface area contributed by atoms with Crippen molar-refractivity contribution < 1.29 is 28.7 Å². The summed E-state index contributed by atoms with van der Waals surface area (Å²) >= 11 is 0. The van der Waals surface area contributed by atoms with Crippen LogP contribution < -0.4 is 0 Å². The predicted octanol–water partition coefficient (Wildman–Crippen LogP) is 12.9. The lowest BCUT2D eigenvalue weighted by Crippen LogP contribution is -2.47. The zero-order chi connectivity index (χ0) is 42.2. The van der Waals surface area contributed by atoms with E-state index in [1.165, 1.54) is 23.8 Å². The largest absolute Gasteiger partial charge is 0.463 e. The van der Waals surface area contributed by atoms with Gasteiger partial charge in [-0.15, -0.1) is 0 Å². The Morgan fingerprint density at radius 2 is 0.900 bits per heavy atom. The molecular weight excluding hydrogens is 749 g/mol. The zero-order valence-electron chi connectivity index (χ0n) is 35.9. The van der Waals surface area contributed by atoms with E-state index in [-0.39, 0.29) is 35.6 Å². The lowest BCUT2D eigenvalue weighted by Gasteiger charge is -2.35. The summed E-state index contributed by atoms with van der Waals surface area (Å²) in [4.78, 5) is 71.2. The molecule has 8 heteroatoms. The van der Waals surface area contributed by atoms with Crippen molar-refractivity contribution in [2.75, 3.05) is 13.2 Å². The second-order valence-corrected chi connectivity index (χ2v) is 17.1. The highest BCUT2D eigenvalue weighted by Crippen LogP contribution is 2.46. The lowest BCUT2D eigenvalue weighted by atomic mass is 9.82. The molecule has 0 saturated carbocycles. The minimum Gasteiger partial charge on any atom is -0.463 e. The first kappa shape index (κ1) is 43.0. The van der Waals surface area contributed by atoms with Crippen molar-refractivity contribution in [1.82, 2.24) is 9.80 Å². The summed E-state index contributed by atoms with van der Waals surface area (Å²) < 4.78 is 5.03. The minimum atomic E-state index is -0.362. The third-order valence-electron chi connectivity index (χ3n) is 13.1.